The molecule has 0 aliphatic carbocycles. The van der Waals surface area contributed by atoms with Crippen LogP contribution in [0.2, 0.25) is 0 Å². The molecule has 6 nitrogen and oxygen atoms in total. The molecule has 1 aliphatic rings. The van der Waals surface area contributed by atoms with Gasteiger partial charge in [-0.25, -0.2) is 0 Å². The Morgan fingerprint density at radius 1 is 1.41 bits per heavy atom. The maximum Gasteiger partial charge on any atom is 0.255 e. The van der Waals surface area contributed by atoms with Crippen molar-refractivity contribution in [2.75, 3.05) is 19.8 Å². The first-order valence-corrected chi connectivity index (χ1v) is 9.65. The quantitative estimate of drug-likeness (QED) is 0.774. The molecule has 1 aromatic heterocycles. The van der Waals surface area contributed by atoms with Crippen molar-refractivity contribution in [2.24, 2.45) is 5.92 Å². The zero-order valence-corrected chi connectivity index (χ0v) is 16.4. The summed E-state index contributed by atoms with van der Waals surface area (Å²) < 4.78 is 13.4. The summed E-state index contributed by atoms with van der Waals surface area (Å²) in [6.07, 6.45) is 2.21. The van der Waals surface area contributed by atoms with E-state index < -0.39 is 0 Å². The molecule has 2 heterocycles. The lowest BCUT2D eigenvalue weighted by molar-refractivity contribution is 0.0670. The average Bonchev–Trinajstić information content (AvgIpc) is 3.28. The van der Waals surface area contributed by atoms with Gasteiger partial charge in [0.05, 0.1) is 17.4 Å². The molecule has 1 aliphatic heterocycles. The molecule has 0 bridgehead atoms. The highest BCUT2D eigenvalue weighted by Crippen LogP contribution is 2.20. The van der Waals surface area contributed by atoms with Gasteiger partial charge in [-0.05, 0) is 50.8 Å². The number of hydrogen-bond donors (Lipinski definition) is 1. The van der Waals surface area contributed by atoms with Gasteiger partial charge < -0.3 is 14.8 Å². The Morgan fingerprint density at radius 3 is 2.93 bits per heavy atom. The van der Waals surface area contributed by atoms with Gasteiger partial charge in [0, 0.05) is 25.4 Å². The second kappa shape index (κ2) is 9.04. The summed E-state index contributed by atoms with van der Waals surface area (Å²) >= 11 is 0. The van der Waals surface area contributed by atoms with E-state index in [1.54, 1.807) is 6.07 Å². The third-order valence-electron chi connectivity index (χ3n) is 4.78. The summed E-state index contributed by atoms with van der Waals surface area (Å²) in [7, 11) is 0. The number of aromatic nitrogens is 2. The number of carbonyl (C=O) groups is 1. The first-order chi connectivity index (χ1) is 13.0. The smallest absolute Gasteiger partial charge is 0.255 e. The highest BCUT2D eigenvalue weighted by Gasteiger charge is 2.18. The van der Waals surface area contributed by atoms with Crippen molar-refractivity contribution < 1.29 is 14.3 Å². The lowest BCUT2D eigenvalue weighted by Crippen LogP contribution is -2.31. The largest absolute Gasteiger partial charge is 0.490 e. The van der Waals surface area contributed by atoms with E-state index >= 15 is 0 Å². The van der Waals surface area contributed by atoms with Crippen LogP contribution < -0.4 is 10.1 Å². The van der Waals surface area contributed by atoms with Gasteiger partial charge in [0.25, 0.3) is 5.91 Å². The van der Waals surface area contributed by atoms with Gasteiger partial charge in [-0.2, -0.15) is 5.10 Å². The highest BCUT2D eigenvalue weighted by molar-refractivity contribution is 5.96. The number of amides is 1. The molecule has 27 heavy (non-hydrogen) atoms. The van der Waals surface area contributed by atoms with E-state index in [2.05, 4.69) is 23.4 Å². The van der Waals surface area contributed by atoms with Gasteiger partial charge in [-0.3, -0.25) is 9.48 Å². The van der Waals surface area contributed by atoms with Crippen molar-refractivity contribution in [3.05, 3.63) is 47.3 Å². The monoisotopic (exact) mass is 371 g/mol. The van der Waals surface area contributed by atoms with Gasteiger partial charge in [-0.15, -0.1) is 0 Å². The van der Waals surface area contributed by atoms with Crippen LogP contribution in [0.1, 0.15) is 41.5 Å². The summed E-state index contributed by atoms with van der Waals surface area (Å²) in [6, 6.07) is 9.43. The molecule has 0 saturated carbocycles. The zero-order chi connectivity index (χ0) is 19.2. The number of ether oxygens (including phenoxy) is 2. The van der Waals surface area contributed by atoms with Crippen molar-refractivity contribution in [1.82, 2.24) is 15.1 Å². The van der Waals surface area contributed by atoms with E-state index in [9.17, 15) is 4.79 Å². The van der Waals surface area contributed by atoms with Crippen LogP contribution in [0.25, 0.3) is 0 Å². The highest BCUT2D eigenvalue weighted by atomic mass is 16.5. The minimum Gasteiger partial charge on any atom is -0.490 e. The maximum absolute atomic E-state index is 12.6. The molecule has 3 rings (SSSR count). The lowest BCUT2D eigenvalue weighted by Gasteiger charge is -2.16. The Kier molecular flexibility index (Phi) is 6.50. The number of carbonyl (C=O) groups excluding carboxylic acids is 1. The van der Waals surface area contributed by atoms with Crippen LogP contribution in [0.3, 0.4) is 0 Å². The van der Waals surface area contributed by atoms with Gasteiger partial charge in [0.15, 0.2) is 0 Å². The van der Waals surface area contributed by atoms with E-state index in [1.165, 1.54) is 0 Å². The Hall–Kier alpha value is -2.34. The van der Waals surface area contributed by atoms with Crippen molar-refractivity contribution in [3.63, 3.8) is 0 Å². The topological polar surface area (TPSA) is 65.4 Å². The molecule has 1 N–H and O–H groups in total. The van der Waals surface area contributed by atoms with Crippen LogP contribution in [0.5, 0.6) is 5.75 Å². The van der Waals surface area contributed by atoms with E-state index in [1.807, 2.05) is 36.7 Å². The number of benzene rings is 1. The van der Waals surface area contributed by atoms with E-state index in [-0.39, 0.29) is 17.9 Å². The number of para-hydroxylation sites is 1. The van der Waals surface area contributed by atoms with Crippen LogP contribution in [-0.4, -0.2) is 41.6 Å². The first-order valence-electron chi connectivity index (χ1n) is 9.65. The third-order valence-corrected chi connectivity index (χ3v) is 4.78. The van der Waals surface area contributed by atoms with Crippen LogP contribution in [0.15, 0.2) is 30.3 Å². The second-order valence-electron chi connectivity index (χ2n) is 7.37. The average molecular weight is 371 g/mol. The molecular weight excluding hydrogens is 342 g/mol. The Bertz CT molecular complexity index is 766. The minimum absolute atomic E-state index is 0.113. The molecule has 1 fully saturated rings. The molecular formula is C21H29N3O3. The van der Waals surface area contributed by atoms with Crippen LogP contribution >= 0.6 is 0 Å². The number of hydrogen-bond acceptors (Lipinski definition) is 4. The summed E-state index contributed by atoms with van der Waals surface area (Å²) in [6.45, 7) is 8.78. The summed E-state index contributed by atoms with van der Waals surface area (Å²) in [5.74, 6) is 0.766. The molecule has 2 unspecified atom stereocenters. The zero-order valence-electron chi connectivity index (χ0n) is 16.4. The normalized spacial score (nSPS) is 17.7. The Labute approximate surface area is 160 Å². The van der Waals surface area contributed by atoms with Crippen molar-refractivity contribution in [1.29, 1.82) is 0 Å². The molecule has 1 amide bonds. The third kappa shape index (κ3) is 5.32. The fourth-order valence-electron chi connectivity index (χ4n) is 3.32. The molecule has 1 aromatic carbocycles. The van der Waals surface area contributed by atoms with E-state index in [0.29, 0.717) is 24.5 Å². The standard InChI is InChI=1S/C21H29N3O3/c1-15(13-24-17(3)11-16(2)23-24)12-22-21(25)19-8-4-5-9-20(19)27-14-18-7-6-10-26-18/h4-5,8-9,11,15,18H,6-7,10,12-14H2,1-3H3,(H,22,25). The molecule has 2 aromatic rings. The van der Waals surface area contributed by atoms with Crippen molar-refractivity contribution >= 4 is 5.91 Å². The SMILES string of the molecule is Cc1cc(C)n(CC(C)CNC(=O)c2ccccc2OCC2CCCO2)n1. The van der Waals surface area contributed by atoms with Crippen molar-refractivity contribution in [3.8, 4) is 5.75 Å². The Balaban J connectivity index is 1.53. The minimum atomic E-state index is -0.113. The van der Waals surface area contributed by atoms with E-state index in [0.717, 1.165) is 37.4 Å². The van der Waals surface area contributed by atoms with Gasteiger partial charge in [-0.1, -0.05) is 19.1 Å². The Morgan fingerprint density at radius 2 is 2.22 bits per heavy atom. The van der Waals surface area contributed by atoms with Crippen LogP contribution in [0.4, 0.5) is 0 Å². The van der Waals surface area contributed by atoms with Crippen LogP contribution in [-0.2, 0) is 11.3 Å². The number of rotatable bonds is 8. The molecule has 0 spiro atoms. The molecule has 0 radical (unpaired) electrons. The number of aryl methyl sites for hydroxylation is 2. The lowest BCUT2D eigenvalue weighted by atomic mass is 10.1. The number of nitrogens with one attached hydrogen (secondary N) is 1. The maximum atomic E-state index is 12.6. The van der Waals surface area contributed by atoms with Gasteiger partial charge >= 0.3 is 0 Å². The van der Waals surface area contributed by atoms with Crippen LogP contribution in [0, 0.1) is 19.8 Å². The van der Waals surface area contributed by atoms with Gasteiger partial charge in [0.1, 0.15) is 12.4 Å². The summed E-state index contributed by atoms with van der Waals surface area (Å²) in [5.41, 5.74) is 2.72. The molecule has 1 saturated heterocycles. The summed E-state index contributed by atoms with van der Waals surface area (Å²) in [5, 5.41) is 7.51. The van der Waals surface area contributed by atoms with Gasteiger partial charge in [0.2, 0.25) is 0 Å². The summed E-state index contributed by atoms with van der Waals surface area (Å²) in [4.78, 5) is 12.6. The molecule has 146 valence electrons. The fraction of sp³-hybridized carbons (Fsp3) is 0.524. The number of nitrogens with zero attached hydrogens (tertiary/aromatic N) is 2. The second-order valence-corrected chi connectivity index (χ2v) is 7.37. The van der Waals surface area contributed by atoms with Crippen molar-refractivity contribution in [2.45, 2.75) is 46.3 Å². The first kappa shape index (κ1) is 19.4. The molecule has 6 heteroatoms. The fourth-order valence-corrected chi connectivity index (χ4v) is 3.32. The van der Waals surface area contributed by atoms with E-state index in [4.69, 9.17) is 9.47 Å². The molecule has 2 atom stereocenters. The predicted octanol–water partition coefficient (Wildman–Crippen LogP) is 3.12. The predicted molar refractivity (Wildman–Crippen MR) is 104 cm³/mol.